The lowest BCUT2D eigenvalue weighted by Crippen LogP contribution is -2.14. The van der Waals surface area contributed by atoms with E-state index in [2.05, 4.69) is 10.4 Å². The molecular formula is C13H16FN3S. The number of benzene rings is 1. The molecule has 0 fully saturated rings. The number of halogens is 1. The highest BCUT2D eigenvalue weighted by Gasteiger charge is 2.15. The molecule has 0 aliphatic rings. The standard InChI is InChI=1S/C13H16FN3S/c1-9(15-2)13-11(14)5-4-6-12(13)18-10-7-16-17(3)8-10/h4-9,15H,1-3H3. The van der Waals surface area contributed by atoms with E-state index in [0.29, 0.717) is 5.56 Å². The largest absolute Gasteiger partial charge is 0.313 e. The van der Waals surface area contributed by atoms with E-state index in [9.17, 15) is 4.39 Å². The third-order valence-corrected chi connectivity index (χ3v) is 3.81. The number of hydrogen-bond acceptors (Lipinski definition) is 3. The van der Waals surface area contributed by atoms with E-state index in [1.165, 1.54) is 17.8 Å². The molecule has 1 unspecified atom stereocenters. The van der Waals surface area contributed by atoms with Crippen molar-refractivity contribution in [2.75, 3.05) is 7.05 Å². The molecule has 0 aliphatic heterocycles. The Hall–Kier alpha value is -1.33. The third kappa shape index (κ3) is 2.73. The molecule has 1 N–H and O–H groups in total. The molecule has 0 saturated carbocycles. The lowest BCUT2D eigenvalue weighted by Gasteiger charge is -2.15. The van der Waals surface area contributed by atoms with Crippen molar-refractivity contribution in [2.24, 2.45) is 7.05 Å². The number of hydrogen-bond donors (Lipinski definition) is 1. The monoisotopic (exact) mass is 265 g/mol. The molecule has 0 aliphatic carbocycles. The van der Waals surface area contributed by atoms with Crippen molar-refractivity contribution in [3.63, 3.8) is 0 Å². The Morgan fingerprint density at radius 3 is 2.83 bits per heavy atom. The van der Waals surface area contributed by atoms with Crippen LogP contribution < -0.4 is 5.32 Å². The number of rotatable bonds is 4. The average Bonchev–Trinajstić information content (AvgIpc) is 2.74. The molecule has 1 atom stereocenters. The molecule has 18 heavy (non-hydrogen) atoms. The van der Waals surface area contributed by atoms with Gasteiger partial charge in [0.05, 0.1) is 11.1 Å². The van der Waals surface area contributed by atoms with Gasteiger partial charge < -0.3 is 5.32 Å². The fraction of sp³-hybridized carbons (Fsp3) is 0.308. The van der Waals surface area contributed by atoms with Crippen LogP contribution in [0, 0.1) is 5.82 Å². The summed E-state index contributed by atoms with van der Waals surface area (Å²) in [5, 5.41) is 7.20. The lowest BCUT2D eigenvalue weighted by molar-refractivity contribution is 0.552. The SMILES string of the molecule is CNC(C)c1c(F)cccc1Sc1cnn(C)c1. The Morgan fingerprint density at radius 1 is 1.44 bits per heavy atom. The van der Waals surface area contributed by atoms with Gasteiger partial charge in [0.15, 0.2) is 0 Å². The van der Waals surface area contributed by atoms with Gasteiger partial charge in [0.1, 0.15) is 5.82 Å². The molecule has 1 aromatic heterocycles. The van der Waals surface area contributed by atoms with Gasteiger partial charge in [-0.25, -0.2) is 4.39 Å². The van der Waals surface area contributed by atoms with E-state index in [4.69, 9.17) is 0 Å². The Kier molecular flexibility index (Phi) is 4.04. The normalized spacial score (nSPS) is 12.7. The highest BCUT2D eigenvalue weighted by Crippen LogP contribution is 2.34. The van der Waals surface area contributed by atoms with Crippen molar-refractivity contribution in [1.29, 1.82) is 0 Å². The first-order valence-corrected chi connectivity index (χ1v) is 6.55. The first-order chi connectivity index (χ1) is 8.61. The van der Waals surface area contributed by atoms with Gasteiger partial charge in [-0.05, 0) is 26.1 Å². The second-order valence-electron chi connectivity index (χ2n) is 4.11. The van der Waals surface area contributed by atoms with Gasteiger partial charge in [-0.3, -0.25) is 4.68 Å². The first kappa shape index (κ1) is 13.1. The van der Waals surface area contributed by atoms with E-state index in [0.717, 1.165) is 9.79 Å². The van der Waals surface area contributed by atoms with Gasteiger partial charge in [0.25, 0.3) is 0 Å². The molecule has 2 rings (SSSR count). The summed E-state index contributed by atoms with van der Waals surface area (Å²) in [4.78, 5) is 1.93. The maximum atomic E-state index is 13.9. The van der Waals surface area contributed by atoms with Gasteiger partial charge in [0.2, 0.25) is 0 Å². The summed E-state index contributed by atoms with van der Waals surface area (Å²) in [6, 6.07) is 5.14. The first-order valence-electron chi connectivity index (χ1n) is 5.74. The molecule has 2 aromatic rings. The van der Waals surface area contributed by atoms with Crippen molar-refractivity contribution >= 4 is 11.8 Å². The van der Waals surface area contributed by atoms with E-state index >= 15 is 0 Å². The summed E-state index contributed by atoms with van der Waals surface area (Å²) < 4.78 is 15.7. The predicted octanol–water partition coefficient (Wildman–Crippen LogP) is 2.99. The second kappa shape index (κ2) is 5.54. The third-order valence-electron chi connectivity index (χ3n) is 2.79. The molecule has 3 nitrogen and oxygen atoms in total. The molecule has 0 radical (unpaired) electrons. The maximum absolute atomic E-state index is 13.9. The van der Waals surface area contributed by atoms with Crippen molar-refractivity contribution < 1.29 is 4.39 Å². The molecule has 0 spiro atoms. The minimum absolute atomic E-state index is 0.0228. The molecule has 1 heterocycles. The summed E-state index contributed by atoms with van der Waals surface area (Å²) in [6.07, 6.45) is 3.70. The molecule has 0 bridgehead atoms. The summed E-state index contributed by atoms with van der Waals surface area (Å²) in [5.41, 5.74) is 0.703. The van der Waals surface area contributed by atoms with E-state index < -0.39 is 0 Å². The molecule has 1 aromatic carbocycles. The maximum Gasteiger partial charge on any atom is 0.129 e. The van der Waals surface area contributed by atoms with Gasteiger partial charge in [-0.2, -0.15) is 5.10 Å². The van der Waals surface area contributed by atoms with Crippen LogP contribution in [0.3, 0.4) is 0 Å². The fourth-order valence-electron chi connectivity index (χ4n) is 1.75. The zero-order chi connectivity index (χ0) is 13.1. The quantitative estimate of drug-likeness (QED) is 0.921. The lowest BCUT2D eigenvalue weighted by atomic mass is 10.1. The number of aryl methyl sites for hydroxylation is 1. The summed E-state index contributed by atoms with van der Waals surface area (Å²) in [6.45, 7) is 1.95. The minimum Gasteiger partial charge on any atom is -0.313 e. The van der Waals surface area contributed by atoms with E-state index in [1.54, 1.807) is 16.9 Å². The van der Waals surface area contributed by atoms with Crippen LogP contribution in [0.1, 0.15) is 18.5 Å². The van der Waals surface area contributed by atoms with Gasteiger partial charge in [0, 0.05) is 29.7 Å². The topological polar surface area (TPSA) is 29.9 Å². The zero-order valence-corrected chi connectivity index (χ0v) is 11.5. The molecule has 96 valence electrons. The van der Waals surface area contributed by atoms with Crippen LogP contribution in [0.25, 0.3) is 0 Å². The highest BCUT2D eigenvalue weighted by molar-refractivity contribution is 7.99. The number of aromatic nitrogens is 2. The minimum atomic E-state index is -0.175. The van der Waals surface area contributed by atoms with Crippen LogP contribution in [0.2, 0.25) is 0 Å². The van der Waals surface area contributed by atoms with Gasteiger partial charge in [-0.1, -0.05) is 17.8 Å². The van der Waals surface area contributed by atoms with Crippen LogP contribution in [0.15, 0.2) is 40.4 Å². The molecule has 5 heteroatoms. The average molecular weight is 265 g/mol. The van der Waals surface area contributed by atoms with Crippen LogP contribution in [-0.2, 0) is 7.05 Å². The predicted molar refractivity (Wildman–Crippen MR) is 71.2 cm³/mol. The van der Waals surface area contributed by atoms with Gasteiger partial charge >= 0.3 is 0 Å². The summed E-state index contributed by atoms with van der Waals surface area (Å²) in [5.74, 6) is -0.175. The molecule has 0 amide bonds. The zero-order valence-electron chi connectivity index (χ0n) is 10.6. The van der Waals surface area contributed by atoms with E-state index in [-0.39, 0.29) is 11.9 Å². The number of nitrogens with one attached hydrogen (secondary N) is 1. The Labute approximate surface area is 110 Å². The highest BCUT2D eigenvalue weighted by atomic mass is 32.2. The summed E-state index contributed by atoms with van der Waals surface area (Å²) in [7, 11) is 3.70. The van der Waals surface area contributed by atoms with Crippen molar-refractivity contribution in [3.05, 3.63) is 42.0 Å². The van der Waals surface area contributed by atoms with Crippen LogP contribution in [0.5, 0.6) is 0 Å². The number of nitrogens with zero attached hydrogens (tertiary/aromatic N) is 2. The fourth-order valence-corrected chi connectivity index (χ4v) is 2.84. The Balaban J connectivity index is 2.35. The van der Waals surface area contributed by atoms with Crippen LogP contribution in [0.4, 0.5) is 4.39 Å². The molecular weight excluding hydrogens is 249 g/mol. The molecule has 0 saturated heterocycles. The van der Waals surface area contributed by atoms with E-state index in [1.807, 2.05) is 33.3 Å². The van der Waals surface area contributed by atoms with Crippen LogP contribution in [-0.4, -0.2) is 16.8 Å². The smallest absolute Gasteiger partial charge is 0.129 e. The van der Waals surface area contributed by atoms with Crippen molar-refractivity contribution in [3.8, 4) is 0 Å². The Bertz CT molecular complexity index is 539. The second-order valence-corrected chi connectivity index (χ2v) is 5.23. The van der Waals surface area contributed by atoms with Crippen molar-refractivity contribution in [2.45, 2.75) is 22.8 Å². The van der Waals surface area contributed by atoms with Crippen LogP contribution >= 0.6 is 11.8 Å². The Morgan fingerprint density at radius 2 is 2.22 bits per heavy atom. The summed E-state index contributed by atoms with van der Waals surface area (Å²) >= 11 is 1.53. The van der Waals surface area contributed by atoms with Crippen molar-refractivity contribution in [1.82, 2.24) is 15.1 Å². The van der Waals surface area contributed by atoms with Gasteiger partial charge in [-0.15, -0.1) is 0 Å².